The van der Waals surface area contributed by atoms with Gasteiger partial charge in [0.1, 0.15) is 5.54 Å². The molecule has 3 aromatic rings. The minimum absolute atomic E-state index is 0.0231. The van der Waals surface area contributed by atoms with E-state index in [0.29, 0.717) is 43.0 Å². The van der Waals surface area contributed by atoms with Crippen LogP contribution in [-0.2, 0) is 4.79 Å². The van der Waals surface area contributed by atoms with Crippen LogP contribution in [0.3, 0.4) is 0 Å². The number of carbonyl (C=O) groups is 2. The predicted molar refractivity (Wildman–Crippen MR) is 160 cm³/mol. The van der Waals surface area contributed by atoms with Gasteiger partial charge in [0.25, 0.3) is 17.7 Å². The second-order valence-corrected chi connectivity index (χ2v) is 14.2. The van der Waals surface area contributed by atoms with Crippen molar-refractivity contribution in [3.8, 4) is 17.1 Å². The van der Waals surface area contributed by atoms with Gasteiger partial charge in [-0.3, -0.25) is 9.59 Å². The highest BCUT2D eigenvalue weighted by atomic mass is 19.3. The number of piperazine rings is 1. The van der Waals surface area contributed by atoms with E-state index in [1.54, 1.807) is 16.6 Å². The van der Waals surface area contributed by atoms with E-state index in [-0.39, 0.29) is 41.6 Å². The van der Waals surface area contributed by atoms with Gasteiger partial charge in [-0.25, -0.2) is 18.4 Å². The number of aryl methyl sites for hydroxylation is 1. The molecule has 9 nitrogen and oxygen atoms in total. The maximum absolute atomic E-state index is 14.1. The van der Waals surface area contributed by atoms with E-state index >= 15 is 0 Å². The van der Waals surface area contributed by atoms with Crippen molar-refractivity contribution < 1.29 is 18.4 Å². The number of nitrogens with zero attached hydrogens (tertiary/aromatic N) is 6. The van der Waals surface area contributed by atoms with E-state index in [2.05, 4.69) is 5.32 Å². The van der Waals surface area contributed by atoms with Crippen LogP contribution in [0.1, 0.15) is 67.5 Å². The average Bonchev–Trinajstić information content (AvgIpc) is 3.95. The number of benzene rings is 2. The average molecular weight is 600 g/mol. The molecule has 2 aromatic carbocycles. The van der Waals surface area contributed by atoms with E-state index in [0.717, 1.165) is 42.6 Å². The quantitative estimate of drug-likeness (QED) is 0.477. The number of carbonyl (C=O) groups excluding carboxylic acids is 2. The summed E-state index contributed by atoms with van der Waals surface area (Å²) >= 11 is 0. The standard InChI is InChI=1S/C33H35F2N7O2/c1-20-3-6-22(7-4-20)42-27(36-26(37-42)28(43)40-18-30(9-10-30)38-31(19-40)11-12-31)21-5-8-24-25(15-21)41(23-16-33(34,35)17-23)32(13-14-32)29(44)39(24)2/h3-8,15,23,38H,9-14,16-19H2,1-2H3. The SMILES string of the molecule is Cc1ccc(-n2nc(C(=O)N3CC4(CC4)NC4(CC4)C3)nc2-c2ccc3c(c2)N(C2CC(F)(F)C2)C2(CC2)C(=O)N3C)cc1. The molecule has 5 fully saturated rings. The number of aromatic nitrogens is 3. The second kappa shape index (κ2) is 8.44. The maximum atomic E-state index is 14.1. The highest BCUT2D eigenvalue weighted by Crippen LogP contribution is 2.57. The van der Waals surface area contributed by atoms with Gasteiger partial charge in [0, 0.05) is 55.7 Å². The van der Waals surface area contributed by atoms with Crippen LogP contribution in [0.25, 0.3) is 17.1 Å². The zero-order valence-corrected chi connectivity index (χ0v) is 24.9. The lowest BCUT2D eigenvalue weighted by Gasteiger charge is -2.51. The maximum Gasteiger partial charge on any atom is 0.293 e. The third-order valence-corrected chi connectivity index (χ3v) is 10.8. The van der Waals surface area contributed by atoms with Crippen LogP contribution in [0.4, 0.5) is 20.2 Å². The number of likely N-dealkylation sites (N-methyl/N-ethyl adjacent to an activating group) is 1. The summed E-state index contributed by atoms with van der Waals surface area (Å²) in [4.78, 5) is 37.9. The lowest BCUT2D eigenvalue weighted by molar-refractivity contribution is -0.123. The molecule has 2 aliphatic heterocycles. The molecule has 4 aliphatic carbocycles. The second-order valence-electron chi connectivity index (χ2n) is 14.2. The molecule has 0 atom stereocenters. The zero-order valence-electron chi connectivity index (χ0n) is 24.9. The van der Waals surface area contributed by atoms with Crippen molar-refractivity contribution in [1.82, 2.24) is 25.0 Å². The highest BCUT2D eigenvalue weighted by Gasteiger charge is 2.64. The van der Waals surface area contributed by atoms with Crippen LogP contribution in [0.5, 0.6) is 0 Å². The number of fused-ring (bicyclic) bond motifs is 1. The highest BCUT2D eigenvalue weighted by molar-refractivity contribution is 6.10. The van der Waals surface area contributed by atoms with Crippen LogP contribution in [0.2, 0.25) is 0 Å². The summed E-state index contributed by atoms with van der Waals surface area (Å²) in [5.41, 5.74) is 3.30. The predicted octanol–water partition coefficient (Wildman–Crippen LogP) is 4.47. The van der Waals surface area contributed by atoms with Gasteiger partial charge in [-0.1, -0.05) is 17.7 Å². The van der Waals surface area contributed by atoms with Crippen molar-refractivity contribution >= 4 is 23.2 Å². The van der Waals surface area contributed by atoms with E-state index in [4.69, 9.17) is 10.1 Å². The normalized spacial score (nSPS) is 24.9. The lowest BCUT2D eigenvalue weighted by Crippen LogP contribution is -2.62. The van der Waals surface area contributed by atoms with Gasteiger partial charge in [-0.05, 0) is 75.8 Å². The Morgan fingerprint density at radius 1 is 0.932 bits per heavy atom. The molecular formula is C33H35F2N7O2. The molecule has 1 saturated heterocycles. The number of amides is 2. The molecule has 1 N–H and O–H groups in total. The fourth-order valence-electron chi connectivity index (χ4n) is 7.86. The fourth-order valence-corrected chi connectivity index (χ4v) is 7.86. The van der Waals surface area contributed by atoms with E-state index in [9.17, 15) is 18.4 Å². The minimum atomic E-state index is -2.71. The first-order valence-corrected chi connectivity index (χ1v) is 15.7. The zero-order chi connectivity index (χ0) is 30.2. The van der Waals surface area contributed by atoms with Crippen LogP contribution in [0, 0.1) is 6.92 Å². The molecule has 0 bridgehead atoms. The van der Waals surface area contributed by atoms with Crippen molar-refractivity contribution in [2.75, 3.05) is 29.9 Å². The number of rotatable bonds is 4. The molecule has 0 radical (unpaired) electrons. The van der Waals surface area contributed by atoms with Gasteiger partial charge in [-0.15, -0.1) is 5.10 Å². The smallest absolute Gasteiger partial charge is 0.293 e. The molecule has 0 unspecified atom stereocenters. The molecule has 2 amide bonds. The monoisotopic (exact) mass is 599 g/mol. The van der Waals surface area contributed by atoms with Gasteiger partial charge in [0.15, 0.2) is 5.82 Å². The van der Waals surface area contributed by atoms with Crippen molar-refractivity contribution in [2.45, 2.75) is 86.9 Å². The molecule has 44 heavy (non-hydrogen) atoms. The third kappa shape index (κ3) is 3.90. The Bertz CT molecular complexity index is 1710. The topological polar surface area (TPSA) is 86.6 Å². The first kappa shape index (κ1) is 26.5. The Labute approximate surface area is 254 Å². The molecule has 9 rings (SSSR count). The van der Waals surface area contributed by atoms with Gasteiger partial charge in [0.05, 0.1) is 17.1 Å². The number of halogens is 2. The number of hydrogen-bond donors (Lipinski definition) is 1. The van der Waals surface area contributed by atoms with Crippen LogP contribution in [-0.4, -0.2) is 80.2 Å². The van der Waals surface area contributed by atoms with Gasteiger partial charge >= 0.3 is 0 Å². The largest absolute Gasteiger partial charge is 0.352 e. The third-order valence-electron chi connectivity index (χ3n) is 10.8. The van der Waals surface area contributed by atoms with Crippen molar-refractivity contribution in [1.29, 1.82) is 0 Å². The Morgan fingerprint density at radius 3 is 2.18 bits per heavy atom. The van der Waals surface area contributed by atoms with Crippen LogP contribution < -0.4 is 15.1 Å². The number of hydrogen-bond acceptors (Lipinski definition) is 6. The molecule has 6 aliphatic rings. The Kier molecular flexibility index (Phi) is 5.09. The molecule has 11 heteroatoms. The van der Waals surface area contributed by atoms with E-state index in [1.807, 2.05) is 59.2 Å². The molecule has 3 spiro atoms. The van der Waals surface area contributed by atoms with Crippen LogP contribution in [0.15, 0.2) is 42.5 Å². The number of alkyl halides is 2. The molecular weight excluding hydrogens is 564 g/mol. The van der Waals surface area contributed by atoms with Crippen molar-refractivity contribution in [3.05, 3.63) is 53.9 Å². The first-order chi connectivity index (χ1) is 21.0. The van der Waals surface area contributed by atoms with Gasteiger partial charge in [0.2, 0.25) is 5.82 Å². The van der Waals surface area contributed by atoms with Crippen molar-refractivity contribution in [3.63, 3.8) is 0 Å². The van der Waals surface area contributed by atoms with E-state index < -0.39 is 17.5 Å². The number of nitrogens with one attached hydrogen (secondary N) is 1. The summed E-state index contributed by atoms with van der Waals surface area (Å²) in [6.45, 7) is 3.33. The van der Waals surface area contributed by atoms with Crippen molar-refractivity contribution in [2.24, 2.45) is 0 Å². The number of anilines is 2. The first-order valence-electron chi connectivity index (χ1n) is 15.7. The Balaban J connectivity index is 1.14. The summed E-state index contributed by atoms with van der Waals surface area (Å²) < 4.78 is 30.0. The summed E-state index contributed by atoms with van der Waals surface area (Å²) in [7, 11) is 1.76. The Morgan fingerprint density at radius 2 is 1.59 bits per heavy atom. The molecule has 1 aromatic heterocycles. The molecule has 4 saturated carbocycles. The summed E-state index contributed by atoms with van der Waals surface area (Å²) in [5.74, 6) is -2.28. The molecule has 228 valence electrons. The fraction of sp³-hybridized carbons (Fsp3) is 0.515. The summed E-state index contributed by atoms with van der Waals surface area (Å²) in [6.07, 6.45) is 5.07. The minimum Gasteiger partial charge on any atom is -0.352 e. The lowest BCUT2D eigenvalue weighted by atomic mass is 9.84. The van der Waals surface area contributed by atoms with Crippen LogP contribution >= 0.6 is 0 Å². The summed E-state index contributed by atoms with van der Waals surface area (Å²) in [6, 6.07) is 13.2. The Hall–Kier alpha value is -3.86. The van der Waals surface area contributed by atoms with Gasteiger partial charge < -0.3 is 20.0 Å². The summed E-state index contributed by atoms with van der Waals surface area (Å²) in [5, 5.41) is 8.61. The van der Waals surface area contributed by atoms with E-state index in [1.165, 1.54) is 0 Å². The van der Waals surface area contributed by atoms with Gasteiger partial charge in [-0.2, -0.15) is 0 Å². The molecule has 3 heterocycles.